The average molecular weight is 359 g/mol. The third-order valence-electron chi connectivity index (χ3n) is 4.42. The highest BCUT2D eigenvalue weighted by molar-refractivity contribution is 8.13. The van der Waals surface area contributed by atoms with Crippen LogP contribution in [0.3, 0.4) is 0 Å². The van der Waals surface area contributed by atoms with E-state index in [4.69, 9.17) is 9.31 Å². The zero-order valence-corrected chi connectivity index (χ0v) is 16.0. The van der Waals surface area contributed by atoms with Crippen LogP contribution in [-0.2, 0) is 18.9 Å². The molecule has 1 aliphatic heterocycles. The molecule has 1 aromatic carbocycles. The molecule has 0 aromatic heterocycles. The quantitative estimate of drug-likeness (QED) is 0.453. The first-order chi connectivity index (χ1) is 11.6. The van der Waals surface area contributed by atoms with Gasteiger partial charge >= 0.3 is 7.12 Å². The highest BCUT2D eigenvalue weighted by Crippen LogP contribution is 2.39. The predicted molar refractivity (Wildman–Crippen MR) is 101 cm³/mol. The molecule has 2 rings (SSSR count). The molecule has 0 atom stereocenters. The van der Waals surface area contributed by atoms with Crippen LogP contribution in [0.25, 0.3) is 6.08 Å². The van der Waals surface area contributed by atoms with Gasteiger partial charge in [0.1, 0.15) is 0 Å². The van der Waals surface area contributed by atoms with Gasteiger partial charge in [-0.15, -0.1) is 0 Å². The fraction of sp³-hybridized carbons (Fsp3) is 0.444. The molecule has 1 fully saturated rings. The molecule has 0 radical (unpaired) electrons. The first-order valence-electron chi connectivity index (χ1n) is 8.02. The number of rotatable bonds is 5. The number of hydrogen-bond donors (Lipinski definition) is 0. The summed E-state index contributed by atoms with van der Waals surface area (Å²) in [5.74, 6) is 0.487. The van der Waals surface area contributed by atoms with Crippen molar-refractivity contribution in [2.24, 2.45) is 4.99 Å². The number of aliphatic imine (C=N–C) groups is 1. The Bertz CT molecular complexity index is 705. The lowest BCUT2D eigenvalue weighted by Crippen LogP contribution is -2.41. The fourth-order valence-electron chi connectivity index (χ4n) is 2.27. The van der Waals surface area contributed by atoms with E-state index in [9.17, 15) is 9.59 Å². The lowest BCUT2D eigenvalue weighted by Gasteiger charge is -2.32. The second-order valence-corrected chi connectivity index (χ2v) is 8.03. The van der Waals surface area contributed by atoms with Crippen LogP contribution >= 0.6 is 11.8 Å². The Morgan fingerprint density at radius 1 is 1.20 bits per heavy atom. The summed E-state index contributed by atoms with van der Waals surface area (Å²) in [4.78, 5) is 25.3. The molecule has 0 unspecified atom stereocenters. The molecule has 1 heterocycles. The van der Waals surface area contributed by atoms with Gasteiger partial charge in [-0.05, 0) is 50.9 Å². The lowest BCUT2D eigenvalue weighted by molar-refractivity contribution is -0.109. The minimum Gasteiger partial charge on any atom is -0.400 e. The summed E-state index contributed by atoms with van der Waals surface area (Å²) in [6.07, 6.45) is 3.47. The van der Waals surface area contributed by atoms with E-state index in [1.165, 1.54) is 17.8 Å². The predicted octanol–water partition coefficient (Wildman–Crippen LogP) is 3.95. The molecule has 0 N–H and O–H groups in total. The number of thioether (sulfide) groups is 1. The van der Waals surface area contributed by atoms with Gasteiger partial charge in [0.15, 0.2) is 5.12 Å². The molecule has 132 valence electrons. The van der Waals surface area contributed by atoms with E-state index in [1.54, 1.807) is 19.1 Å². The van der Waals surface area contributed by atoms with Crippen molar-refractivity contribution < 1.29 is 18.9 Å². The summed E-state index contributed by atoms with van der Waals surface area (Å²) in [7, 11) is -0.510. The van der Waals surface area contributed by atoms with Crippen molar-refractivity contribution in [2.45, 2.75) is 45.8 Å². The standard InChI is InChI=1S/C18H22BNO4S/c1-13(22)25-11-15(19-23-17(2,3)18(4,5)24-19)10-14-6-8-16(9-7-14)20-12-21/h6-10H,11H2,1-5H3. The number of benzene rings is 1. The summed E-state index contributed by atoms with van der Waals surface area (Å²) < 4.78 is 12.2. The summed E-state index contributed by atoms with van der Waals surface area (Å²) >= 11 is 1.22. The SMILES string of the molecule is CC(=O)SCC(=Cc1ccc(N=C=O)cc1)B1OC(C)(C)C(C)(C)O1. The van der Waals surface area contributed by atoms with E-state index in [1.807, 2.05) is 45.9 Å². The van der Waals surface area contributed by atoms with Crippen LogP contribution in [0.15, 0.2) is 34.7 Å². The van der Waals surface area contributed by atoms with Crippen LogP contribution in [0, 0.1) is 0 Å². The Morgan fingerprint density at radius 2 is 1.76 bits per heavy atom. The normalized spacial score (nSPS) is 18.8. The fourth-order valence-corrected chi connectivity index (χ4v) is 2.86. The molecular formula is C18H22BNO4S. The van der Waals surface area contributed by atoms with Gasteiger partial charge < -0.3 is 9.31 Å². The summed E-state index contributed by atoms with van der Waals surface area (Å²) in [6, 6.07) is 7.16. The molecule has 1 saturated heterocycles. The first kappa shape index (κ1) is 19.7. The number of isocyanates is 1. The van der Waals surface area contributed by atoms with E-state index in [0.29, 0.717) is 11.4 Å². The Labute approximate surface area is 153 Å². The van der Waals surface area contributed by atoms with Crippen molar-refractivity contribution in [3.8, 4) is 0 Å². The van der Waals surface area contributed by atoms with Crippen LogP contribution in [0.1, 0.15) is 40.2 Å². The second-order valence-electron chi connectivity index (χ2n) is 6.88. The maximum Gasteiger partial charge on any atom is 0.491 e. The van der Waals surface area contributed by atoms with E-state index in [2.05, 4.69) is 4.99 Å². The third-order valence-corrected chi connectivity index (χ3v) is 5.30. The zero-order valence-electron chi connectivity index (χ0n) is 15.2. The highest BCUT2D eigenvalue weighted by atomic mass is 32.2. The van der Waals surface area contributed by atoms with E-state index in [0.717, 1.165) is 11.0 Å². The van der Waals surface area contributed by atoms with E-state index in [-0.39, 0.29) is 5.12 Å². The van der Waals surface area contributed by atoms with Gasteiger partial charge in [-0.3, -0.25) is 4.79 Å². The van der Waals surface area contributed by atoms with Crippen molar-refractivity contribution in [3.63, 3.8) is 0 Å². The minimum atomic E-state index is -0.510. The molecular weight excluding hydrogens is 337 g/mol. The van der Waals surface area contributed by atoms with Crippen molar-refractivity contribution in [1.29, 1.82) is 0 Å². The zero-order chi connectivity index (χ0) is 18.7. The topological polar surface area (TPSA) is 65.0 Å². The van der Waals surface area contributed by atoms with Gasteiger partial charge in [0, 0.05) is 12.7 Å². The molecule has 1 aliphatic rings. The van der Waals surface area contributed by atoms with Crippen molar-refractivity contribution in [2.75, 3.05) is 5.75 Å². The van der Waals surface area contributed by atoms with Crippen LogP contribution in [0.4, 0.5) is 5.69 Å². The molecule has 5 nitrogen and oxygen atoms in total. The van der Waals surface area contributed by atoms with Crippen LogP contribution in [0.5, 0.6) is 0 Å². The Balaban J connectivity index is 2.29. The highest BCUT2D eigenvalue weighted by Gasteiger charge is 2.52. The number of nitrogens with zero attached hydrogens (tertiary/aromatic N) is 1. The first-order valence-corrected chi connectivity index (χ1v) is 9.00. The Morgan fingerprint density at radius 3 is 2.24 bits per heavy atom. The number of hydrogen-bond acceptors (Lipinski definition) is 6. The maximum absolute atomic E-state index is 11.4. The Kier molecular flexibility index (Phi) is 6.06. The molecule has 0 spiro atoms. The van der Waals surface area contributed by atoms with Gasteiger partial charge in [-0.25, -0.2) is 4.79 Å². The molecule has 1 aromatic rings. The van der Waals surface area contributed by atoms with E-state index >= 15 is 0 Å². The monoisotopic (exact) mass is 359 g/mol. The van der Waals surface area contributed by atoms with Gasteiger partial charge in [-0.2, -0.15) is 4.99 Å². The summed E-state index contributed by atoms with van der Waals surface area (Å²) in [5, 5.41) is 0.0399. The van der Waals surface area contributed by atoms with Crippen LogP contribution in [-0.4, -0.2) is 35.3 Å². The minimum absolute atomic E-state index is 0.0399. The van der Waals surface area contributed by atoms with Crippen LogP contribution < -0.4 is 0 Å². The summed E-state index contributed by atoms with van der Waals surface area (Å²) in [5.41, 5.74) is 1.45. The molecule has 0 saturated carbocycles. The third kappa shape index (κ3) is 4.92. The van der Waals surface area contributed by atoms with Gasteiger partial charge in [-0.1, -0.05) is 30.0 Å². The molecule has 7 heteroatoms. The molecule has 0 amide bonds. The van der Waals surface area contributed by atoms with E-state index < -0.39 is 18.3 Å². The number of carbonyl (C=O) groups excluding carboxylic acids is 2. The average Bonchev–Trinajstić information content (AvgIpc) is 2.73. The van der Waals surface area contributed by atoms with Crippen molar-refractivity contribution >= 4 is 41.8 Å². The van der Waals surface area contributed by atoms with Crippen LogP contribution in [0.2, 0.25) is 0 Å². The Hall–Kier alpha value is -1.66. The van der Waals surface area contributed by atoms with Gasteiger partial charge in [0.25, 0.3) is 0 Å². The van der Waals surface area contributed by atoms with Crippen molar-refractivity contribution in [3.05, 3.63) is 35.3 Å². The smallest absolute Gasteiger partial charge is 0.400 e. The van der Waals surface area contributed by atoms with Gasteiger partial charge in [0.2, 0.25) is 6.08 Å². The van der Waals surface area contributed by atoms with Crippen molar-refractivity contribution in [1.82, 2.24) is 0 Å². The summed E-state index contributed by atoms with van der Waals surface area (Å²) in [6.45, 7) is 9.52. The molecule has 25 heavy (non-hydrogen) atoms. The molecule has 0 bridgehead atoms. The van der Waals surface area contributed by atoms with Gasteiger partial charge in [0.05, 0.1) is 16.9 Å². The lowest BCUT2D eigenvalue weighted by atomic mass is 9.78. The molecule has 0 aliphatic carbocycles. The maximum atomic E-state index is 11.4. The second kappa shape index (κ2) is 7.71. The number of carbonyl (C=O) groups is 1. The largest absolute Gasteiger partial charge is 0.491 e.